The monoisotopic (exact) mass is 354 g/mol. The Hall–Kier alpha value is -0.410. The predicted molar refractivity (Wildman–Crippen MR) is 67.6 cm³/mol. The predicted octanol–water partition coefficient (Wildman–Crippen LogP) is 0.228. The number of imide groups is 1. The second kappa shape index (κ2) is 5.07. The van der Waals surface area contributed by atoms with Crippen LogP contribution in [0.4, 0.5) is 4.79 Å². The lowest BCUT2D eigenvalue weighted by atomic mass is 10.1. The molecule has 6 nitrogen and oxygen atoms in total. The number of alkyl halides is 1. The zero-order valence-electron chi connectivity index (χ0n) is 9.43. The first kappa shape index (κ1) is 13.0. The summed E-state index contributed by atoms with van der Waals surface area (Å²) in [6, 6.07) is -0.433. The smallest absolute Gasteiger partial charge is 0.326 e. The maximum absolute atomic E-state index is 11.7. The maximum atomic E-state index is 11.7. The molecule has 0 spiro atoms. The van der Waals surface area contributed by atoms with E-state index in [2.05, 4.69) is 5.32 Å². The number of ether oxygens (including phenoxy) is 1. The molecule has 3 amide bonds. The van der Waals surface area contributed by atoms with Gasteiger partial charge >= 0.3 is 6.03 Å². The third-order valence-corrected chi connectivity index (χ3v) is 4.05. The summed E-state index contributed by atoms with van der Waals surface area (Å²) in [5.74, 6) is -0.266. The fourth-order valence-corrected chi connectivity index (χ4v) is 2.70. The van der Waals surface area contributed by atoms with Crippen LogP contribution in [0.15, 0.2) is 0 Å². The van der Waals surface area contributed by atoms with Crippen LogP contribution in [-0.2, 0) is 9.53 Å². The van der Waals surface area contributed by atoms with Crippen molar-refractivity contribution < 1.29 is 19.4 Å². The molecule has 2 aliphatic heterocycles. The fraction of sp³-hybridized carbons (Fsp3) is 0.800. The molecule has 0 radical (unpaired) electrons. The van der Waals surface area contributed by atoms with Gasteiger partial charge in [-0.2, -0.15) is 0 Å². The maximum Gasteiger partial charge on any atom is 0.326 e. The average molecular weight is 354 g/mol. The number of rotatable bonds is 2. The molecular formula is C10H15IN2O4. The van der Waals surface area contributed by atoms with Gasteiger partial charge in [-0.15, -0.1) is 0 Å². The molecule has 0 bridgehead atoms. The standard InChI is InChI=1S/C10H15IN2O4/c1-2-7-6(14)3-8(17-7)13-4-5(11)9(15)12-10(13)16/h5-8,14H,2-4H2,1H3,(H,12,15,16). The number of carbonyl (C=O) groups is 2. The van der Waals surface area contributed by atoms with E-state index >= 15 is 0 Å². The summed E-state index contributed by atoms with van der Waals surface area (Å²) >= 11 is 1.99. The van der Waals surface area contributed by atoms with E-state index < -0.39 is 18.4 Å². The highest BCUT2D eigenvalue weighted by Crippen LogP contribution is 2.27. The Kier molecular flexibility index (Phi) is 3.88. The van der Waals surface area contributed by atoms with Gasteiger partial charge in [-0.05, 0) is 6.42 Å². The lowest BCUT2D eigenvalue weighted by Gasteiger charge is -2.33. The normalized spacial score (nSPS) is 38.4. The molecule has 17 heavy (non-hydrogen) atoms. The number of nitrogens with zero attached hydrogens (tertiary/aromatic N) is 1. The summed E-state index contributed by atoms with van der Waals surface area (Å²) in [7, 11) is 0. The van der Waals surface area contributed by atoms with E-state index in [-0.39, 0.29) is 15.9 Å². The highest BCUT2D eigenvalue weighted by atomic mass is 127. The Morgan fingerprint density at radius 1 is 1.59 bits per heavy atom. The van der Waals surface area contributed by atoms with E-state index in [1.165, 1.54) is 4.90 Å². The number of halogens is 1. The second-order valence-electron chi connectivity index (χ2n) is 4.25. The van der Waals surface area contributed by atoms with Gasteiger partial charge in [0, 0.05) is 13.0 Å². The third-order valence-electron chi connectivity index (χ3n) is 3.09. The Bertz CT molecular complexity index is 338. The number of nitrogens with one attached hydrogen (secondary N) is 1. The fourth-order valence-electron chi connectivity index (χ4n) is 2.12. The molecule has 0 saturated carbocycles. The summed E-state index contributed by atoms with van der Waals surface area (Å²) < 4.78 is 5.35. The highest BCUT2D eigenvalue weighted by Gasteiger charge is 2.41. The van der Waals surface area contributed by atoms with Crippen molar-refractivity contribution in [3.05, 3.63) is 0 Å². The van der Waals surface area contributed by atoms with Crippen molar-refractivity contribution in [2.45, 2.75) is 42.1 Å². The van der Waals surface area contributed by atoms with Gasteiger partial charge < -0.3 is 9.84 Å². The van der Waals surface area contributed by atoms with Gasteiger partial charge in [0.1, 0.15) is 10.2 Å². The van der Waals surface area contributed by atoms with Crippen LogP contribution in [0.3, 0.4) is 0 Å². The minimum absolute atomic E-state index is 0.224. The first-order valence-electron chi connectivity index (χ1n) is 5.62. The van der Waals surface area contributed by atoms with Gasteiger partial charge in [-0.25, -0.2) is 4.79 Å². The minimum Gasteiger partial charge on any atom is -0.390 e. The molecule has 0 aromatic heterocycles. The number of aliphatic hydroxyl groups excluding tert-OH is 1. The van der Waals surface area contributed by atoms with Gasteiger partial charge in [0.25, 0.3) is 0 Å². The average Bonchev–Trinajstić information content (AvgIpc) is 2.65. The van der Waals surface area contributed by atoms with Crippen LogP contribution < -0.4 is 5.32 Å². The quantitative estimate of drug-likeness (QED) is 0.550. The molecule has 0 aliphatic carbocycles. The van der Waals surface area contributed by atoms with Crippen LogP contribution in [-0.4, -0.2) is 50.8 Å². The third kappa shape index (κ3) is 2.55. The van der Waals surface area contributed by atoms with E-state index in [1.54, 1.807) is 0 Å². The number of amides is 3. The van der Waals surface area contributed by atoms with Crippen LogP contribution in [0.5, 0.6) is 0 Å². The topological polar surface area (TPSA) is 78.9 Å². The lowest BCUT2D eigenvalue weighted by Crippen LogP contribution is -2.58. The van der Waals surface area contributed by atoms with Gasteiger partial charge in [0.15, 0.2) is 0 Å². The molecule has 4 atom stereocenters. The summed E-state index contributed by atoms with van der Waals surface area (Å²) in [4.78, 5) is 24.4. The van der Waals surface area contributed by atoms with E-state index in [4.69, 9.17) is 4.74 Å². The van der Waals surface area contributed by atoms with Crippen LogP contribution in [0.2, 0.25) is 0 Å². The van der Waals surface area contributed by atoms with E-state index in [9.17, 15) is 14.7 Å². The molecule has 4 unspecified atom stereocenters. The molecule has 0 aromatic carbocycles. The van der Waals surface area contributed by atoms with Crippen LogP contribution in [0.1, 0.15) is 19.8 Å². The Labute approximate surface area is 113 Å². The van der Waals surface area contributed by atoms with Crippen molar-refractivity contribution in [2.75, 3.05) is 6.54 Å². The van der Waals surface area contributed by atoms with Crippen LogP contribution in [0.25, 0.3) is 0 Å². The summed E-state index contributed by atoms with van der Waals surface area (Å²) in [6.07, 6.45) is -0.0788. The number of urea groups is 1. The molecular weight excluding hydrogens is 339 g/mol. The number of carbonyl (C=O) groups excluding carboxylic acids is 2. The molecule has 2 aliphatic rings. The minimum atomic E-state index is -0.539. The van der Waals surface area contributed by atoms with Crippen molar-refractivity contribution in [1.29, 1.82) is 0 Å². The van der Waals surface area contributed by atoms with Crippen molar-refractivity contribution in [2.24, 2.45) is 0 Å². The molecule has 7 heteroatoms. The Balaban J connectivity index is 2.03. The van der Waals surface area contributed by atoms with E-state index in [1.807, 2.05) is 29.5 Å². The lowest BCUT2D eigenvalue weighted by molar-refractivity contribution is -0.122. The number of hydrogen-bond donors (Lipinski definition) is 2. The molecule has 0 aromatic rings. The zero-order valence-corrected chi connectivity index (χ0v) is 11.6. The SMILES string of the molecule is CCC1OC(N2CC(I)C(=O)NC2=O)CC1O. The van der Waals surface area contributed by atoms with E-state index in [0.717, 1.165) is 0 Å². The van der Waals surface area contributed by atoms with Crippen molar-refractivity contribution in [1.82, 2.24) is 10.2 Å². The summed E-state index contributed by atoms with van der Waals surface area (Å²) in [5.41, 5.74) is 0. The largest absolute Gasteiger partial charge is 0.390 e. The van der Waals surface area contributed by atoms with Gasteiger partial charge in [-0.3, -0.25) is 15.0 Å². The van der Waals surface area contributed by atoms with Crippen LogP contribution >= 0.6 is 22.6 Å². The van der Waals surface area contributed by atoms with Gasteiger partial charge in [-0.1, -0.05) is 29.5 Å². The van der Waals surface area contributed by atoms with Crippen LogP contribution in [0, 0.1) is 0 Å². The Morgan fingerprint density at radius 2 is 2.29 bits per heavy atom. The molecule has 2 rings (SSSR count). The van der Waals surface area contributed by atoms with Crippen molar-refractivity contribution in [3.63, 3.8) is 0 Å². The second-order valence-corrected chi connectivity index (χ2v) is 5.76. The first-order chi connectivity index (χ1) is 8.02. The van der Waals surface area contributed by atoms with Gasteiger partial charge in [0.05, 0.1) is 12.2 Å². The molecule has 2 heterocycles. The number of hydrogen-bond acceptors (Lipinski definition) is 4. The van der Waals surface area contributed by atoms with E-state index in [0.29, 0.717) is 19.4 Å². The molecule has 2 fully saturated rings. The highest BCUT2D eigenvalue weighted by molar-refractivity contribution is 14.1. The van der Waals surface area contributed by atoms with Gasteiger partial charge in [0.2, 0.25) is 5.91 Å². The summed E-state index contributed by atoms with van der Waals surface area (Å²) in [6.45, 7) is 2.26. The molecule has 2 saturated heterocycles. The summed E-state index contributed by atoms with van der Waals surface area (Å²) in [5, 5.41) is 12.0. The first-order valence-corrected chi connectivity index (χ1v) is 6.86. The molecule has 96 valence electrons. The molecule has 2 N–H and O–H groups in total. The Morgan fingerprint density at radius 3 is 2.88 bits per heavy atom. The number of aliphatic hydroxyl groups is 1. The van der Waals surface area contributed by atoms with Crippen molar-refractivity contribution in [3.8, 4) is 0 Å². The zero-order chi connectivity index (χ0) is 12.6. The van der Waals surface area contributed by atoms with Crippen molar-refractivity contribution >= 4 is 34.5 Å².